The first kappa shape index (κ1) is 13.4. The minimum Gasteiger partial charge on any atom is -0.497 e. The maximum absolute atomic E-state index is 6.09. The number of ether oxygens (including phenoxy) is 1. The summed E-state index contributed by atoms with van der Waals surface area (Å²) in [5, 5.41) is 0.808. The predicted octanol–water partition coefficient (Wildman–Crippen LogP) is 3.50. The predicted molar refractivity (Wildman–Crippen MR) is 85.4 cm³/mol. The highest BCUT2D eigenvalue weighted by Gasteiger charge is 2.10. The van der Waals surface area contributed by atoms with Gasteiger partial charge in [-0.15, -0.1) is 0 Å². The van der Waals surface area contributed by atoms with Gasteiger partial charge in [0.2, 0.25) is 0 Å². The highest BCUT2D eigenvalue weighted by atomic mass is 16.5. The van der Waals surface area contributed by atoms with Gasteiger partial charge in [0.1, 0.15) is 11.6 Å². The summed E-state index contributed by atoms with van der Waals surface area (Å²) in [6.07, 6.45) is 0. The molecule has 2 aromatic carbocycles. The van der Waals surface area contributed by atoms with Crippen LogP contribution in [-0.2, 0) is 0 Å². The molecule has 4 heteroatoms. The lowest BCUT2D eigenvalue weighted by Crippen LogP contribution is -1.99. The first-order valence-corrected chi connectivity index (χ1v) is 6.77. The van der Waals surface area contributed by atoms with Crippen LogP contribution >= 0.6 is 0 Å². The Kier molecular flexibility index (Phi) is 3.22. The molecule has 0 aliphatic carbocycles. The molecule has 3 aromatic rings. The zero-order valence-corrected chi connectivity index (χ0v) is 12.3. The first-order chi connectivity index (χ1) is 10.1. The topological polar surface area (TPSA) is 61.0 Å². The van der Waals surface area contributed by atoms with E-state index < -0.39 is 0 Å². The molecule has 2 N–H and O–H groups in total. The quantitative estimate of drug-likeness (QED) is 0.780. The summed E-state index contributed by atoms with van der Waals surface area (Å²) >= 11 is 0. The van der Waals surface area contributed by atoms with Crippen molar-refractivity contribution in [2.24, 2.45) is 0 Å². The maximum atomic E-state index is 6.09. The van der Waals surface area contributed by atoms with Crippen molar-refractivity contribution < 1.29 is 4.74 Å². The van der Waals surface area contributed by atoms with Crippen LogP contribution in [0.2, 0.25) is 0 Å². The van der Waals surface area contributed by atoms with Crippen molar-refractivity contribution in [3.63, 3.8) is 0 Å². The Bertz CT molecular complexity index is 828. The lowest BCUT2D eigenvalue weighted by Gasteiger charge is -2.09. The van der Waals surface area contributed by atoms with E-state index in [0.717, 1.165) is 27.8 Å². The van der Waals surface area contributed by atoms with Crippen LogP contribution < -0.4 is 10.5 Å². The molecule has 0 fully saturated rings. The summed E-state index contributed by atoms with van der Waals surface area (Å²) in [5.74, 6) is 1.87. The Morgan fingerprint density at radius 1 is 1.00 bits per heavy atom. The van der Waals surface area contributed by atoms with Crippen molar-refractivity contribution in [1.82, 2.24) is 9.97 Å². The average Bonchev–Trinajstić information content (AvgIpc) is 2.47. The van der Waals surface area contributed by atoms with Crippen molar-refractivity contribution in [1.29, 1.82) is 0 Å². The number of hydrogen-bond acceptors (Lipinski definition) is 4. The second-order valence-electron chi connectivity index (χ2n) is 5.13. The molecular formula is C17H17N3O. The van der Waals surface area contributed by atoms with Gasteiger partial charge in [-0.3, -0.25) is 0 Å². The molecule has 0 aliphatic heterocycles. The summed E-state index contributed by atoms with van der Waals surface area (Å²) in [4.78, 5) is 9.07. The molecule has 0 unspecified atom stereocenters. The van der Waals surface area contributed by atoms with Crippen LogP contribution in [0.3, 0.4) is 0 Å². The van der Waals surface area contributed by atoms with Crippen LogP contribution in [0.25, 0.3) is 22.3 Å². The van der Waals surface area contributed by atoms with Gasteiger partial charge in [-0.05, 0) is 37.6 Å². The molecule has 1 heterocycles. The van der Waals surface area contributed by atoms with Gasteiger partial charge < -0.3 is 10.5 Å². The Morgan fingerprint density at radius 3 is 2.52 bits per heavy atom. The molecule has 0 saturated heterocycles. The van der Waals surface area contributed by atoms with E-state index in [-0.39, 0.29) is 0 Å². The summed E-state index contributed by atoms with van der Waals surface area (Å²) in [7, 11) is 1.63. The van der Waals surface area contributed by atoms with Crippen LogP contribution in [-0.4, -0.2) is 17.1 Å². The van der Waals surface area contributed by atoms with Crippen molar-refractivity contribution >= 4 is 16.7 Å². The molecule has 0 aliphatic rings. The highest BCUT2D eigenvalue weighted by Crippen LogP contribution is 2.28. The number of hydrogen-bond donors (Lipinski definition) is 1. The van der Waals surface area contributed by atoms with E-state index in [1.165, 1.54) is 5.56 Å². The van der Waals surface area contributed by atoms with Crippen molar-refractivity contribution in [3.8, 4) is 17.1 Å². The summed E-state index contributed by atoms with van der Waals surface area (Å²) in [6, 6.07) is 11.8. The van der Waals surface area contributed by atoms with E-state index in [4.69, 9.17) is 10.5 Å². The van der Waals surface area contributed by atoms with E-state index in [0.29, 0.717) is 11.6 Å². The third-order valence-electron chi connectivity index (χ3n) is 3.56. The van der Waals surface area contributed by atoms with Gasteiger partial charge in [-0.2, -0.15) is 0 Å². The van der Waals surface area contributed by atoms with Crippen molar-refractivity contribution in [3.05, 3.63) is 47.5 Å². The summed E-state index contributed by atoms with van der Waals surface area (Å²) in [5.41, 5.74) is 10.3. The zero-order valence-electron chi connectivity index (χ0n) is 12.3. The van der Waals surface area contributed by atoms with E-state index in [1.807, 2.05) is 24.3 Å². The van der Waals surface area contributed by atoms with Crippen LogP contribution in [0.1, 0.15) is 11.1 Å². The fourth-order valence-corrected chi connectivity index (χ4v) is 2.44. The SMILES string of the molecule is COc1ccc2nc(-c3ccc(C)cc3C)nc(N)c2c1. The van der Waals surface area contributed by atoms with E-state index in [9.17, 15) is 0 Å². The lowest BCUT2D eigenvalue weighted by molar-refractivity contribution is 0.415. The third kappa shape index (κ3) is 2.40. The van der Waals surface area contributed by atoms with E-state index >= 15 is 0 Å². The monoisotopic (exact) mass is 279 g/mol. The molecule has 0 spiro atoms. The van der Waals surface area contributed by atoms with Gasteiger partial charge in [0, 0.05) is 10.9 Å². The normalized spacial score (nSPS) is 10.8. The van der Waals surface area contributed by atoms with Gasteiger partial charge in [-0.1, -0.05) is 23.8 Å². The molecule has 21 heavy (non-hydrogen) atoms. The number of nitrogen functional groups attached to an aromatic ring is 1. The molecule has 0 saturated carbocycles. The molecule has 0 radical (unpaired) electrons. The third-order valence-corrected chi connectivity index (χ3v) is 3.56. The molecule has 0 atom stereocenters. The minimum atomic E-state index is 0.467. The van der Waals surface area contributed by atoms with Crippen molar-refractivity contribution in [2.45, 2.75) is 13.8 Å². The van der Waals surface area contributed by atoms with Gasteiger partial charge >= 0.3 is 0 Å². The average molecular weight is 279 g/mol. The van der Waals surface area contributed by atoms with Gasteiger partial charge in [0.15, 0.2) is 5.82 Å². The highest BCUT2D eigenvalue weighted by molar-refractivity contribution is 5.90. The Labute approximate surface area is 123 Å². The number of rotatable bonds is 2. The number of nitrogens with zero attached hydrogens (tertiary/aromatic N) is 2. The Balaban J connectivity index is 2.20. The molecule has 106 valence electrons. The second kappa shape index (κ2) is 5.05. The number of anilines is 1. The standard InChI is InChI=1S/C17H17N3O/c1-10-4-6-13(11(2)8-10)17-19-15-7-5-12(21-3)9-14(15)16(18)20-17/h4-9H,1-3H3,(H2,18,19,20). The molecule has 0 amide bonds. The fraction of sp³-hybridized carbons (Fsp3) is 0.176. The number of nitrogens with two attached hydrogens (primary N) is 1. The van der Waals surface area contributed by atoms with E-state index in [2.05, 4.69) is 35.9 Å². The van der Waals surface area contributed by atoms with Crippen LogP contribution in [0.15, 0.2) is 36.4 Å². The minimum absolute atomic E-state index is 0.467. The molecule has 4 nitrogen and oxygen atoms in total. The van der Waals surface area contributed by atoms with Crippen LogP contribution in [0, 0.1) is 13.8 Å². The molecule has 3 rings (SSSR count). The lowest BCUT2D eigenvalue weighted by atomic mass is 10.0. The number of fused-ring (bicyclic) bond motifs is 1. The molecule has 0 bridgehead atoms. The smallest absolute Gasteiger partial charge is 0.162 e. The van der Waals surface area contributed by atoms with Gasteiger partial charge in [-0.25, -0.2) is 9.97 Å². The number of benzene rings is 2. The second-order valence-corrected chi connectivity index (χ2v) is 5.13. The first-order valence-electron chi connectivity index (χ1n) is 6.77. The summed E-state index contributed by atoms with van der Waals surface area (Å²) in [6.45, 7) is 4.12. The van der Waals surface area contributed by atoms with Crippen LogP contribution in [0.4, 0.5) is 5.82 Å². The largest absolute Gasteiger partial charge is 0.497 e. The number of aromatic nitrogens is 2. The summed E-state index contributed by atoms with van der Waals surface area (Å²) < 4.78 is 5.21. The van der Waals surface area contributed by atoms with Gasteiger partial charge in [0.05, 0.1) is 12.6 Å². The molecule has 1 aromatic heterocycles. The fourth-order valence-electron chi connectivity index (χ4n) is 2.44. The Morgan fingerprint density at radius 2 is 1.81 bits per heavy atom. The van der Waals surface area contributed by atoms with E-state index in [1.54, 1.807) is 7.11 Å². The zero-order chi connectivity index (χ0) is 15.0. The Hall–Kier alpha value is -2.62. The maximum Gasteiger partial charge on any atom is 0.162 e. The van der Waals surface area contributed by atoms with Crippen molar-refractivity contribution in [2.75, 3.05) is 12.8 Å². The molecular weight excluding hydrogens is 262 g/mol. The number of aryl methyl sites for hydroxylation is 2. The van der Waals surface area contributed by atoms with Crippen LogP contribution in [0.5, 0.6) is 5.75 Å². The van der Waals surface area contributed by atoms with Gasteiger partial charge in [0.25, 0.3) is 0 Å². The number of methoxy groups -OCH3 is 1.